The van der Waals surface area contributed by atoms with Gasteiger partial charge in [0, 0.05) is 31.9 Å². The summed E-state index contributed by atoms with van der Waals surface area (Å²) < 4.78 is 18.1. The zero-order valence-corrected chi connectivity index (χ0v) is 14.6. The minimum atomic E-state index is -0.406. The highest BCUT2D eigenvalue weighted by atomic mass is 19.1. The normalized spacial score (nSPS) is 15.7. The van der Waals surface area contributed by atoms with Gasteiger partial charge in [0.1, 0.15) is 5.82 Å². The molecular weight excluding hydrogens is 333 g/mol. The van der Waals surface area contributed by atoms with Crippen LogP contribution >= 0.6 is 0 Å². The maximum absolute atomic E-state index is 13.0. The molecule has 0 aliphatic carbocycles. The molecule has 3 aromatic rings. The molecule has 2 aromatic carbocycles. The molecule has 1 N–H and O–H groups in total. The summed E-state index contributed by atoms with van der Waals surface area (Å²) in [6, 6.07) is 12.6. The van der Waals surface area contributed by atoms with Crippen molar-refractivity contribution >= 4 is 16.8 Å². The van der Waals surface area contributed by atoms with Gasteiger partial charge in [-0.25, -0.2) is 9.18 Å². The average molecular weight is 355 g/mol. The first-order valence-electron chi connectivity index (χ1n) is 9.02. The number of rotatable bonds is 5. The Hall–Kier alpha value is -2.60. The number of hydrogen-bond acceptors (Lipinski definition) is 4. The highest BCUT2D eigenvalue weighted by Gasteiger charge is 2.16. The fourth-order valence-electron chi connectivity index (χ4n) is 3.53. The number of anilines is 1. The van der Waals surface area contributed by atoms with Crippen LogP contribution in [0.25, 0.3) is 11.1 Å². The second kappa shape index (κ2) is 7.33. The lowest BCUT2D eigenvalue weighted by Gasteiger charge is -2.36. The number of nitrogens with one attached hydrogen (secondary N) is 1. The van der Waals surface area contributed by atoms with Gasteiger partial charge in [-0.05, 0) is 61.3 Å². The highest BCUT2D eigenvalue weighted by Crippen LogP contribution is 2.18. The Bertz CT molecular complexity index is 924. The van der Waals surface area contributed by atoms with Crippen LogP contribution in [0.15, 0.2) is 51.7 Å². The molecule has 0 radical (unpaired) electrons. The van der Waals surface area contributed by atoms with E-state index >= 15 is 0 Å². The molecule has 0 unspecified atom stereocenters. The van der Waals surface area contributed by atoms with Gasteiger partial charge in [-0.1, -0.05) is 6.07 Å². The summed E-state index contributed by atoms with van der Waals surface area (Å²) in [7, 11) is 0. The smallest absolute Gasteiger partial charge is 0.408 e. The second-order valence-corrected chi connectivity index (χ2v) is 6.75. The Morgan fingerprint density at radius 1 is 1.04 bits per heavy atom. The van der Waals surface area contributed by atoms with Crippen molar-refractivity contribution in [1.82, 2.24) is 9.88 Å². The van der Waals surface area contributed by atoms with Gasteiger partial charge in [-0.15, -0.1) is 0 Å². The molecule has 0 spiro atoms. The number of aromatic amines is 1. The Labute approximate surface area is 151 Å². The van der Waals surface area contributed by atoms with Gasteiger partial charge >= 0.3 is 5.76 Å². The van der Waals surface area contributed by atoms with E-state index in [-0.39, 0.29) is 5.82 Å². The molecule has 0 atom stereocenters. The summed E-state index contributed by atoms with van der Waals surface area (Å²) in [5, 5.41) is 0. The number of aromatic nitrogens is 1. The predicted molar refractivity (Wildman–Crippen MR) is 100 cm³/mol. The molecule has 1 aliphatic heterocycles. The minimum absolute atomic E-state index is 0.190. The second-order valence-electron chi connectivity index (χ2n) is 6.75. The third kappa shape index (κ3) is 3.80. The first kappa shape index (κ1) is 16.8. The first-order valence-corrected chi connectivity index (χ1v) is 9.02. The number of nitrogens with zero attached hydrogens (tertiary/aromatic N) is 2. The van der Waals surface area contributed by atoms with Crippen LogP contribution in [0.1, 0.15) is 12.0 Å². The molecule has 4 rings (SSSR count). The van der Waals surface area contributed by atoms with Crippen molar-refractivity contribution in [1.29, 1.82) is 0 Å². The number of piperazine rings is 1. The van der Waals surface area contributed by atoms with Gasteiger partial charge in [-0.3, -0.25) is 9.88 Å². The van der Waals surface area contributed by atoms with Crippen LogP contribution in [0.4, 0.5) is 10.1 Å². The molecule has 0 saturated carbocycles. The molecule has 1 saturated heterocycles. The van der Waals surface area contributed by atoms with Crippen LogP contribution in [-0.4, -0.2) is 42.6 Å². The summed E-state index contributed by atoms with van der Waals surface area (Å²) in [6.07, 6.45) is 2.03. The van der Waals surface area contributed by atoms with Crippen LogP contribution < -0.4 is 10.7 Å². The van der Waals surface area contributed by atoms with Crippen LogP contribution in [0, 0.1) is 5.82 Å². The van der Waals surface area contributed by atoms with Crippen molar-refractivity contribution < 1.29 is 8.81 Å². The molecule has 1 aromatic heterocycles. The molecule has 2 heterocycles. The zero-order valence-electron chi connectivity index (χ0n) is 14.6. The van der Waals surface area contributed by atoms with Crippen molar-refractivity contribution in [2.75, 3.05) is 37.6 Å². The van der Waals surface area contributed by atoms with E-state index < -0.39 is 5.76 Å². The molecule has 26 heavy (non-hydrogen) atoms. The van der Waals surface area contributed by atoms with Crippen LogP contribution in [0.3, 0.4) is 0 Å². The van der Waals surface area contributed by atoms with Gasteiger partial charge in [0.15, 0.2) is 5.58 Å². The number of oxazole rings is 1. The third-order valence-electron chi connectivity index (χ3n) is 4.99. The number of aryl methyl sites for hydroxylation is 1. The van der Waals surface area contributed by atoms with Crippen LogP contribution in [0.5, 0.6) is 0 Å². The van der Waals surface area contributed by atoms with Crippen molar-refractivity contribution in [2.45, 2.75) is 12.8 Å². The monoisotopic (exact) mass is 355 g/mol. The fraction of sp³-hybridized carbons (Fsp3) is 0.350. The average Bonchev–Trinajstić information content (AvgIpc) is 3.02. The van der Waals surface area contributed by atoms with E-state index in [1.54, 1.807) is 0 Å². The number of fused-ring (bicyclic) bond motifs is 1. The molecule has 5 nitrogen and oxygen atoms in total. The fourth-order valence-corrected chi connectivity index (χ4v) is 3.53. The largest absolute Gasteiger partial charge is 0.417 e. The van der Waals surface area contributed by atoms with E-state index in [2.05, 4.69) is 14.8 Å². The number of benzene rings is 2. The minimum Gasteiger partial charge on any atom is -0.408 e. The number of halogens is 1. The summed E-state index contributed by atoms with van der Waals surface area (Å²) >= 11 is 0. The Balaban J connectivity index is 1.25. The van der Waals surface area contributed by atoms with Gasteiger partial charge in [-0.2, -0.15) is 0 Å². The van der Waals surface area contributed by atoms with E-state index in [0.29, 0.717) is 5.58 Å². The van der Waals surface area contributed by atoms with Gasteiger partial charge < -0.3 is 9.32 Å². The standard InChI is InChI=1S/C20H22FN3O2/c21-16-4-6-17(7-5-16)24-12-10-23(11-13-24)9-1-2-15-3-8-18-19(14-15)26-20(25)22-18/h3-8,14H,1-2,9-13H2,(H,22,25). The third-order valence-corrected chi connectivity index (χ3v) is 4.99. The van der Waals surface area contributed by atoms with E-state index in [1.807, 2.05) is 30.3 Å². The summed E-state index contributed by atoms with van der Waals surface area (Å²) in [5.74, 6) is -0.597. The van der Waals surface area contributed by atoms with E-state index in [1.165, 1.54) is 17.7 Å². The zero-order chi connectivity index (χ0) is 17.9. The molecule has 1 aliphatic rings. The van der Waals surface area contributed by atoms with Crippen molar-refractivity contribution in [3.05, 3.63) is 64.4 Å². The van der Waals surface area contributed by atoms with E-state index in [9.17, 15) is 9.18 Å². The molecule has 136 valence electrons. The van der Waals surface area contributed by atoms with E-state index in [0.717, 1.165) is 56.8 Å². The summed E-state index contributed by atoms with van der Waals surface area (Å²) in [5.41, 5.74) is 3.65. The van der Waals surface area contributed by atoms with Crippen LogP contribution in [-0.2, 0) is 6.42 Å². The van der Waals surface area contributed by atoms with Gasteiger partial charge in [0.05, 0.1) is 5.52 Å². The molecule has 0 bridgehead atoms. The topological polar surface area (TPSA) is 52.5 Å². The Kier molecular flexibility index (Phi) is 4.75. The maximum Gasteiger partial charge on any atom is 0.417 e. The van der Waals surface area contributed by atoms with Crippen molar-refractivity contribution in [3.63, 3.8) is 0 Å². The first-order chi connectivity index (χ1) is 12.7. The van der Waals surface area contributed by atoms with Crippen LogP contribution in [0.2, 0.25) is 0 Å². The maximum atomic E-state index is 13.0. The van der Waals surface area contributed by atoms with Crippen molar-refractivity contribution in [2.24, 2.45) is 0 Å². The summed E-state index contributed by atoms with van der Waals surface area (Å²) in [6.45, 7) is 5.01. The predicted octanol–water partition coefficient (Wildman–Crippen LogP) is 3.02. The number of hydrogen-bond donors (Lipinski definition) is 1. The molecule has 6 heteroatoms. The molecule has 0 amide bonds. The molecule has 1 fully saturated rings. The SMILES string of the molecule is O=c1[nH]c2ccc(CCCN3CCN(c4ccc(F)cc4)CC3)cc2o1. The van der Waals surface area contributed by atoms with E-state index in [4.69, 9.17) is 4.42 Å². The summed E-state index contributed by atoms with van der Waals surface area (Å²) in [4.78, 5) is 18.6. The lowest BCUT2D eigenvalue weighted by Crippen LogP contribution is -2.46. The highest BCUT2D eigenvalue weighted by molar-refractivity contribution is 5.72. The lowest BCUT2D eigenvalue weighted by molar-refractivity contribution is 0.255. The van der Waals surface area contributed by atoms with Gasteiger partial charge in [0.25, 0.3) is 0 Å². The lowest BCUT2D eigenvalue weighted by atomic mass is 10.1. The van der Waals surface area contributed by atoms with Crippen molar-refractivity contribution in [3.8, 4) is 0 Å². The van der Waals surface area contributed by atoms with Gasteiger partial charge in [0.2, 0.25) is 0 Å². The quantitative estimate of drug-likeness (QED) is 0.764. The Morgan fingerprint density at radius 3 is 2.58 bits per heavy atom. The Morgan fingerprint density at radius 2 is 1.81 bits per heavy atom. The number of H-pyrrole nitrogens is 1. The molecular formula is C20H22FN3O2.